The standard InChI is InChI=1S/C33H46N4O3S/c1-20(37-41(9,39)40)35-32-14-12-27(2,3)18-24(32)33-25(36-33)16-23-29(6)17-21(19-34)26(38)28(4,5)22(29)10-11-30(23,7)31(33,8)13-15-32/h16-17,22,24H,10-15,18H2,1-9H3,(H,35,37)/t22-,24?,29-,30+,31-,32-,33+/m0/s1. The summed E-state index contributed by atoms with van der Waals surface area (Å²) in [5, 5.41) is 13.7. The molecule has 8 heteroatoms. The number of nitriles is 1. The highest BCUT2D eigenvalue weighted by atomic mass is 32.2. The molecule has 1 spiro atoms. The van der Waals surface area contributed by atoms with E-state index in [1.165, 1.54) is 5.57 Å². The first-order valence-electron chi connectivity index (χ1n) is 15.3. The van der Waals surface area contributed by atoms with Crippen LogP contribution in [0.3, 0.4) is 0 Å². The fourth-order valence-electron chi connectivity index (χ4n) is 10.9. The van der Waals surface area contributed by atoms with E-state index in [1.54, 1.807) is 6.92 Å². The van der Waals surface area contributed by atoms with E-state index in [2.05, 4.69) is 56.5 Å². The Morgan fingerprint density at radius 2 is 1.71 bits per heavy atom. The van der Waals surface area contributed by atoms with Crippen LogP contribution in [0, 0.1) is 50.2 Å². The molecule has 0 amide bonds. The van der Waals surface area contributed by atoms with Gasteiger partial charge in [-0.05, 0) is 74.7 Å². The maximum Gasteiger partial charge on any atom is 0.251 e. The molecule has 222 valence electrons. The molecule has 1 N–H and O–H groups in total. The number of carbonyl (C=O) groups excluding carboxylic acids is 1. The number of hydrogen-bond acceptors (Lipinski definition) is 5. The average Bonchev–Trinajstić information content (AvgIpc) is 3.57. The van der Waals surface area contributed by atoms with Crippen molar-refractivity contribution in [1.29, 1.82) is 5.26 Å². The second kappa shape index (κ2) is 8.01. The lowest BCUT2D eigenvalue weighted by molar-refractivity contribution is -0.135. The van der Waals surface area contributed by atoms with E-state index in [4.69, 9.17) is 4.99 Å². The van der Waals surface area contributed by atoms with Gasteiger partial charge < -0.3 is 5.32 Å². The van der Waals surface area contributed by atoms with Crippen molar-refractivity contribution in [2.24, 2.45) is 48.3 Å². The van der Waals surface area contributed by atoms with E-state index in [1.807, 2.05) is 19.9 Å². The van der Waals surface area contributed by atoms with Gasteiger partial charge in [-0.2, -0.15) is 9.66 Å². The lowest BCUT2D eigenvalue weighted by Gasteiger charge is -2.69. The minimum atomic E-state index is -3.51. The molecule has 5 aliphatic carbocycles. The summed E-state index contributed by atoms with van der Waals surface area (Å²) in [6, 6.07) is 2.24. The Bertz CT molecular complexity index is 1540. The highest BCUT2D eigenvalue weighted by Gasteiger charge is 2.79. The first-order valence-corrected chi connectivity index (χ1v) is 17.1. The Morgan fingerprint density at radius 3 is 2.34 bits per heavy atom. The van der Waals surface area contributed by atoms with Gasteiger partial charge in [-0.15, -0.1) is 0 Å². The van der Waals surface area contributed by atoms with E-state index in [9.17, 15) is 18.5 Å². The third kappa shape index (κ3) is 3.53. The molecule has 0 aromatic carbocycles. The molecular formula is C33H46N4O3S. The maximum atomic E-state index is 13.3. The number of aliphatic imine (C=N–C) groups is 1. The van der Waals surface area contributed by atoms with Crippen LogP contribution in [0.2, 0.25) is 0 Å². The van der Waals surface area contributed by atoms with Crippen molar-refractivity contribution < 1.29 is 13.2 Å². The molecule has 1 aliphatic heterocycles. The zero-order valence-electron chi connectivity index (χ0n) is 26.2. The van der Waals surface area contributed by atoms with Crippen LogP contribution in [-0.2, 0) is 14.8 Å². The van der Waals surface area contributed by atoms with Gasteiger partial charge in [-0.25, -0.2) is 8.42 Å². The number of ketones is 1. The molecule has 1 heterocycles. The fourth-order valence-corrected chi connectivity index (χ4v) is 11.4. The average molecular weight is 579 g/mol. The van der Waals surface area contributed by atoms with Gasteiger partial charge in [0.25, 0.3) is 10.0 Å². The predicted molar refractivity (Wildman–Crippen MR) is 162 cm³/mol. The summed E-state index contributed by atoms with van der Waals surface area (Å²) in [7, 11) is -3.51. The molecule has 3 saturated carbocycles. The van der Waals surface area contributed by atoms with Crippen LogP contribution in [0.4, 0.5) is 0 Å². The Hall–Kier alpha value is -2.27. The van der Waals surface area contributed by atoms with Crippen molar-refractivity contribution in [2.45, 2.75) is 111 Å². The quantitative estimate of drug-likeness (QED) is 0.322. The molecule has 7 nitrogen and oxygen atoms in total. The van der Waals surface area contributed by atoms with Crippen molar-refractivity contribution in [3.63, 3.8) is 0 Å². The van der Waals surface area contributed by atoms with Crippen LogP contribution in [0.1, 0.15) is 100 Å². The van der Waals surface area contributed by atoms with Gasteiger partial charge in [-0.3, -0.25) is 9.79 Å². The molecule has 7 atom stereocenters. The summed E-state index contributed by atoms with van der Waals surface area (Å²) < 4.78 is 28.1. The summed E-state index contributed by atoms with van der Waals surface area (Å²) in [6.07, 6.45) is 12.3. The molecule has 0 aromatic heterocycles. The summed E-state index contributed by atoms with van der Waals surface area (Å²) in [6.45, 7) is 17.7. The fraction of sp³-hybridized carbons (Fsp3) is 0.758. The lowest BCUT2D eigenvalue weighted by Crippen LogP contribution is -2.73. The van der Waals surface area contributed by atoms with Crippen molar-refractivity contribution in [1.82, 2.24) is 5.32 Å². The summed E-state index contributed by atoms with van der Waals surface area (Å²) in [4.78, 5) is 18.8. The topological polar surface area (TPSA) is 112 Å². The number of Topliss-reactive ketones (excluding diaryl/α,β-unsaturated/α-hetero) is 1. The number of fused-ring (bicyclic) bond motifs is 5. The summed E-state index contributed by atoms with van der Waals surface area (Å²) >= 11 is 0. The van der Waals surface area contributed by atoms with Crippen LogP contribution in [0.5, 0.6) is 0 Å². The van der Waals surface area contributed by atoms with Crippen molar-refractivity contribution in [3.05, 3.63) is 23.3 Å². The second-order valence-corrected chi connectivity index (χ2v) is 17.8. The Morgan fingerprint density at radius 1 is 1.05 bits per heavy atom. The third-order valence-electron chi connectivity index (χ3n) is 13.1. The largest absolute Gasteiger partial charge is 0.367 e. The maximum absolute atomic E-state index is 13.3. The van der Waals surface area contributed by atoms with E-state index in [-0.39, 0.29) is 44.9 Å². The summed E-state index contributed by atoms with van der Waals surface area (Å²) in [5.41, 5.74) is 1.07. The highest BCUT2D eigenvalue weighted by molar-refractivity contribution is 7.89. The normalized spacial score (nSPS) is 45.7. The van der Waals surface area contributed by atoms with E-state index in [0.717, 1.165) is 56.9 Å². The Balaban J connectivity index is 1.50. The monoisotopic (exact) mass is 578 g/mol. The number of allylic oxidation sites excluding steroid dienone is 3. The van der Waals surface area contributed by atoms with Crippen LogP contribution in [0.15, 0.2) is 32.7 Å². The van der Waals surface area contributed by atoms with Gasteiger partial charge in [0, 0.05) is 27.7 Å². The number of rotatable bonds is 2. The molecule has 6 rings (SSSR count). The minimum absolute atomic E-state index is 0.0316. The van der Waals surface area contributed by atoms with Crippen LogP contribution in [0.25, 0.3) is 0 Å². The Kier molecular flexibility index (Phi) is 5.63. The number of nitrogens with one attached hydrogen (secondary N) is 1. The second-order valence-electron chi connectivity index (χ2n) is 16.2. The summed E-state index contributed by atoms with van der Waals surface area (Å²) in [5.74, 6) is 0.777. The highest BCUT2D eigenvalue weighted by Crippen LogP contribution is 2.78. The van der Waals surface area contributed by atoms with E-state index < -0.39 is 20.9 Å². The molecule has 0 radical (unpaired) electrons. The smallest absolute Gasteiger partial charge is 0.251 e. The first-order chi connectivity index (χ1) is 18.7. The molecule has 41 heavy (non-hydrogen) atoms. The minimum Gasteiger partial charge on any atom is -0.367 e. The van der Waals surface area contributed by atoms with E-state index >= 15 is 0 Å². The lowest BCUT2D eigenvalue weighted by atomic mass is 9.34. The molecular weight excluding hydrogens is 532 g/mol. The molecule has 1 unspecified atom stereocenters. The molecule has 3 fully saturated rings. The van der Waals surface area contributed by atoms with Crippen molar-refractivity contribution >= 4 is 27.4 Å². The SMILES string of the molecule is C/C(=N\S(C)(=O)=O)N[C@]12CCC(C)(C)CC1[C@@]13N=C1C=C1[C@@]4(C)C=C(C#N)C(=O)C(C)(C)[C@@H]4CC[C@@]1(C)[C@]3(C)CC2. The molecule has 6 aliphatic rings. The third-order valence-corrected chi connectivity index (χ3v) is 13.7. The number of sulfonamides is 1. The zero-order chi connectivity index (χ0) is 30.2. The first kappa shape index (κ1) is 28.8. The molecule has 0 saturated heterocycles. The number of hydrogen-bond donors (Lipinski definition) is 1. The predicted octanol–water partition coefficient (Wildman–Crippen LogP) is 5.93. The van der Waals surface area contributed by atoms with E-state index in [0.29, 0.717) is 11.4 Å². The van der Waals surface area contributed by atoms with Crippen LogP contribution >= 0.6 is 0 Å². The van der Waals surface area contributed by atoms with Crippen molar-refractivity contribution in [2.75, 3.05) is 6.26 Å². The number of amidine groups is 1. The molecule has 0 aromatic rings. The van der Waals surface area contributed by atoms with Crippen molar-refractivity contribution in [3.8, 4) is 6.07 Å². The number of carbonyl (C=O) groups is 1. The van der Waals surface area contributed by atoms with Gasteiger partial charge in [-0.1, -0.05) is 60.1 Å². The molecule has 0 bridgehead atoms. The number of nitrogens with zero attached hydrogens (tertiary/aromatic N) is 3. The van der Waals surface area contributed by atoms with Crippen LogP contribution < -0.4 is 5.32 Å². The van der Waals surface area contributed by atoms with Gasteiger partial charge in [0.1, 0.15) is 17.4 Å². The van der Waals surface area contributed by atoms with Gasteiger partial charge in [0.15, 0.2) is 5.78 Å². The van der Waals surface area contributed by atoms with Crippen LogP contribution in [-0.4, -0.2) is 43.1 Å². The zero-order valence-corrected chi connectivity index (χ0v) is 27.1. The Labute approximate surface area is 246 Å². The van der Waals surface area contributed by atoms with Gasteiger partial charge in [0.05, 0.1) is 17.5 Å². The van der Waals surface area contributed by atoms with Gasteiger partial charge in [0.2, 0.25) is 0 Å². The van der Waals surface area contributed by atoms with Gasteiger partial charge >= 0.3 is 0 Å².